The summed E-state index contributed by atoms with van der Waals surface area (Å²) in [4.78, 5) is 12.0. The van der Waals surface area contributed by atoms with Crippen LogP contribution in [0.15, 0.2) is 36.4 Å². The molecule has 0 radical (unpaired) electrons. The van der Waals surface area contributed by atoms with Crippen molar-refractivity contribution in [3.63, 3.8) is 0 Å². The lowest BCUT2D eigenvalue weighted by Crippen LogP contribution is -2.20. The lowest BCUT2D eigenvalue weighted by Gasteiger charge is -2.06. The van der Waals surface area contributed by atoms with E-state index in [1.807, 2.05) is 30.3 Å². The van der Waals surface area contributed by atoms with E-state index in [2.05, 4.69) is 29.8 Å². The average molecular weight is 329 g/mol. The molecule has 4 heteroatoms. The maximum absolute atomic E-state index is 12.0. The molecule has 1 aromatic carbocycles. The van der Waals surface area contributed by atoms with Gasteiger partial charge in [0.25, 0.3) is 0 Å². The third kappa shape index (κ3) is 3.85. The summed E-state index contributed by atoms with van der Waals surface area (Å²) in [6.45, 7) is 4.72. The van der Waals surface area contributed by atoms with Gasteiger partial charge in [-0.1, -0.05) is 23.7 Å². The van der Waals surface area contributed by atoms with Crippen LogP contribution < -0.4 is 5.32 Å². The summed E-state index contributed by atoms with van der Waals surface area (Å²) in [5.74, 6) is -0.0961. The van der Waals surface area contributed by atoms with E-state index in [1.54, 1.807) is 6.08 Å². The number of rotatable bonds is 5. The number of hydrogen-bond acceptors (Lipinski definition) is 1. The zero-order valence-electron chi connectivity index (χ0n) is 13.5. The molecule has 1 N–H and O–H groups in total. The first kappa shape index (κ1) is 15.9. The number of nitrogens with one attached hydrogen (secondary N) is 1. The van der Waals surface area contributed by atoms with Gasteiger partial charge < -0.3 is 9.88 Å². The number of nitrogens with zero attached hydrogens (tertiary/aromatic N) is 1. The van der Waals surface area contributed by atoms with Gasteiger partial charge in [0.05, 0.1) is 0 Å². The second-order valence-electron chi connectivity index (χ2n) is 6.11. The van der Waals surface area contributed by atoms with Gasteiger partial charge in [-0.25, -0.2) is 0 Å². The van der Waals surface area contributed by atoms with Crippen molar-refractivity contribution >= 4 is 23.6 Å². The van der Waals surface area contributed by atoms with Crippen LogP contribution in [-0.4, -0.2) is 10.5 Å². The molecular formula is C19H21ClN2O. The van der Waals surface area contributed by atoms with Crippen molar-refractivity contribution in [3.8, 4) is 0 Å². The molecule has 1 aliphatic rings. The fourth-order valence-corrected chi connectivity index (χ4v) is 3.14. The highest BCUT2D eigenvalue weighted by Crippen LogP contribution is 2.38. The molecule has 23 heavy (non-hydrogen) atoms. The standard InChI is InChI=1S/C19H21ClN2O/c1-13-10-16(14(2)22(13)18-7-8-18)6-9-19(23)21-12-15-4-3-5-17(20)11-15/h3-6,9-11,18H,7-8,12H2,1-2H3,(H,21,23)/b9-6+. The van der Waals surface area contributed by atoms with Crippen molar-refractivity contribution in [1.82, 2.24) is 9.88 Å². The first-order valence-corrected chi connectivity index (χ1v) is 8.31. The van der Waals surface area contributed by atoms with E-state index in [1.165, 1.54) is 24.2 Å². The average Bonchev–Trinajstić information content (AvgIpc) is 3.30. The Morgan fingerprint density at radius 2 is 2.13 bits per heavy atom. The Bertz CT molecular complexity index is 757. The maximum atomic E-state index is 12.0. The molecule has 1 heterocycles. The minimum Gasteiger partial charge on any atom is -0.348 e. The van der Waals surface area contributed by atoms with Crippen molar-refractivity contribution in [1.29, 1.82) is 0 Å². The Balaban J connectivity index is 1.61. The first-order valence-electron chi connectivity index (χ1n) is 7.93. The second kappa shape index (κ2) is 6.63. The predicted molar refractivity (Wildman–Crippen MR) is 94.5 cm³/mol. The molecule has 1 amide bonds. The van der Waals surface area contributed by atoms with Crippen LogP contribution in [0.5, 0.6) is 0 Å². The summed E-state index contributed by atoms with van der Waals surface area (Å²) in [5, 5.41) is 3.56. The number of aromatic nitrogens is 1. The van der Waals surface area contributed by atoms with Gasteiger partial charge in [-0.3, -0.25) is 4.79 Å². The van der Waals surface area contributed by atoms with Crippen molar-refractivity contribution in [3.05, 3.63) is 63.9 Å². The number of halogens is 1. The number of amides is 1. The Hall–Kier alpha value is -2.00. The summed E-state index contributed by atoms with van der Waals surface area (Å²) in [7, 11) is 0. The Morgan fingerprint density at radius 3 is 2.83 bits per heavy atom. The number of hydrogen-bond donors (Lipinski definition) is 1. The van der Waals surface area contributed by atoms with Crippen molar-refractivity contribution < 1.29 is 4.79 Å². The molecule has 1 aliphatic carbocycles. The molecule has 0 aliphatic heterocycles. The molecule has 120 valence electrons. The van der Waals surface area contributed by atoms with Crippen LogP contribution in [0.25, 0.3) is 6.08 Å². The van der Waals surface area contributed by atoms with E-state index in [0.29, 0.717) is 17.6 Å². The normalized spacial score (nSPS) is 14.4. The van der Waals surface area contributed by atoms with Gasteiger partial charge in [0, 0.05) is 35.1 Å². The van der Waals surface area contributed by atoms with Crippen LogP contribution in [-0.2, 0) is 11.3 Å². The van der Waals surface area contributed by atoms with Crippen LogP contribution >= 0.6 is 11.6 Å². The highest BCUT2D eigenvalue weighted by Gasteiger charge is 2.26. The molecule has 1 fully saturated rings. The van der Waals surface area contributed by atoms with E-state index in [0.717, 1.165) is 11.1 Å². The van der Waals surface area contributed by atoms with Crippen molar-refractivity contribution in [2.45, 2.75) is 39.3 Å². The third-order valence-electron chi connectivity index (χ3n) is 4.21. The first-order chi connectivity index (χ1) is 11.0. The van der Waals surface area contributed by atoms with Crippen LogP contribution in [0.2, 0.25) is 5.02 Å². The van der Waals surface area contributed by atoms with Gasteiger partial charge in [-0.05, 0) is 62.1 Å². The highest BCUT2D eigenvalue weighted by atomic mass is 35.5. The minimum absolute atomic E-state index is 0.0961. The summed E-state index contributed by atoms with van der Waals surface area (Å²) >= 11 is 5.94. The molecule has 2 aromatic rings. The Kier molecular flexibility index (Phi) is 4.58. The van der Waals surface area contributed by atoms with Crippen LogP contribution in [0.1, 0.15) is 41.4 Å². The maximum Gasteiger partial charge on any atom is 0.244 e. The summed E-state index contributed by atoms with van der Waals surface area (Å²) in [5.41, 5.74) is 4.62. The molecule has 0 unspecified atom stereocenters. The van der Waals surface area contributed by atoms with E-state index >= 15 is 0 Å². The Labute approximate surface area is 142 Å². The monoisotopic (exact) mass is 328 g/mol. The van der Waals surface area contributed by atoms with Crippen LogP contribution in [0.3, 0.4) is 0 Å². The van der Waals surface area contributed by atoms with E-state index in [-0.39, 0.29) is 5.91 Å². The van der Waals surface area contributed by atoms with Crippen molar-refractivity contribution in [2.24, 2.45) is 0 Å². The second-order valence-corrected chi connectivity index (χ2v) is 6.55. The molecule has 0 saturated heterocycles. The number of carbonyl (C=O) groups is 1. The quantitative estimate of drug-likeness (QED) is 0.810. The van der Waals surface area contributed by atoms with Gasteiger partial charge in [0.2, 0.25) is 5.91 Å². The molecule has 0 atom stereocenters. The number of benzene rings is 1. The zero-order valence-corrected chi connectivity index (χ0v) is 14.2. The molecule has 3 nitrogen and oxygen atoms in total. The third-order valence-corrected chi connectivity index (χ3v) is 4.44. The molecular weight excluding hydrogens is 308 g/mol. The van der Waals surface area contributed by atoms with Crippen LogP contribution in [0, 0.1) is 13.8 Å². The van der Waals surface area contributed by atoms with E-state index < -0.39 is 0 Å². The lowest BCUT2D eigenvalue weighted by atomic mass is 10.2. The number of aryl methyl sites for hydroxylation is 1. The zero-order chi connectivity index (χ0) is 16.4. The van der Waals surface area contributed by atoms with Crippen molar-refractivity contribution in [2.75, 3.05) is 0 Å². The Morgan fingerprint density at radius 1 is 1.35 bits per heavy atom. The lowest BCUT2D eigenvalue weighted by molar-refractivity contribution is -0.116. The van der Waals surface area contributed by atoms with E-state index in [9.17, 15) is 4.79 Å². The van der Waals surface area contributed by atoms with Gasteiger partial charge in [0.1, 0.15) is 0 Å². The van der Waals surface area contributed by atoms with Gasteiger partial charge >= 0.3 is 0 Å². The fourth-order valence-electron chi connectivity index (χ4n) is 2.93. The topological polar surface area (TPSA) is 34.0 Å². The highest BCUT2D eigenvalue weighted by molar-refractivity contribution is 6.30. The predicted octanol–water partition coefficient (Wildman–Crippen LogP) is 4.42. The smallest absolute Gasteiger partial charge is 0.244 e. The van der Waals surface area contributed by atoms with Crippen LogP contribution in [0.4, 0.5) is 0 Å². The molecule has 3 rings (SSSR count). The summed E-state index contributed by atoms with van der Waals surface area (Å²) in [6.07, 6.45) is 6.03. The molecule has 1 saturated carbocycles. The van der Waals surface area contributed by atoms with Gasteiger partial charge in [-0.15, -0.1) is 0 Å². The largest absolute Gasteiger partial charge is 0.348 e. The fraction of sp³-hybridized carbons (Fsp3) is 0.316. The molecule has 0 bridgehead atoms. The SMILES string of the molecule is Cc1cc(/C=C/C(=O)NCc2cccc(Cl)c2)c(C)n1C1CC1. The summed E-state index contributed by atoms with van der Waals surface area (Å²) in [6, 6.07) is 10.3. The summed E-state index contributed by atoms with van der Waals surface area (Å²) < 4.78 is 2.38. The molecule has 1 aromatic heterocycles. The van der Waals surface area contributed by atoms with Gasteiger partial charge in [0.15, 0.2) is 0 Å². The molecule has 0 spiro atoms. The number of carbonyl (C=O) groups excluding carboxylic acids is 1. The van der Waals surface area contributed by atoms with E-state index in [4.69, 9.17) is 11.6 Å². The minimum atomic E-state index is -0.0961. The van der Waals surface area contributed by atoms with Gasteiger partial charge in [-0.2, -0.15) is 0 Å².